The average molecular weight is 403 g/mol. The van der Waals surface area contributed by atoms with Gasteiger partial charge in [0.05, 0.1) is 19.4 Å². The minimum absolute atomic E-state index is 0.231. The fourth-order valence-corrected chi connectivity index (χ4v) is 3.82. The van der Waals surface area contributed by atoms with Crippen molar-refractivity contribution in [1.82, 2.24) is 14.6 Å². The van der Waals surface area contributed by atoms with Crippen molar-refractivity contribution in [2.45, 2.75) is 39.5 Å². The molecule has 8 heteroatoms. The van der Waals surface area contributed by atoms with Crippen molar-refractivity contribution < 1.29 is 14.3 Å². The molecule has 1 atom stereocenters. The molecule has 3 aromatic rings. The van der Waals surface area contributed by atoms with Crippen molar-refractivity contribution in [3.63, 3.8) is 0 Å². The van der Waals surface area contributed by atoms with Gasteiger partial charge in [-0.25, -0.2) is 9.31 Å². The van der Waals surface area contributed by atoms with Gasteiger partial charge in [0.15, 0.2) is 0 Å². The number of nitrogens with zero attached hydrogens (tertiary/aromatic N) is 3. The maximum atomic E-state index is 12.1. The summed E-state index contributed by atoms with van der Waals surface area (Å²) in [5.74, 6) is 1.38. The number of fused-ring (bicyclic) bond motifs is 1. The number of hydrogen-bond acceptors (Lipinski definition) is 6. The molecule has 28 heavy (non-hydrogen) atoms. The summed E-state index contributed by atoms with van der Waals surface area (Å²) in [5.41, 5.74) is 1.77. The molecule has 7 nitrogen and oxygen atoms in total. The number of carbonyl (C=O) groups excluding carboxylic acids is 1. The second kappa shape index (κ2) is 9.54. The molecule has 0 aliphatic heterocycles. The molecule has 0 spiro atoms. The van der Waals surface area contributed by atoms with E-state index in [9.17, 15) is 4.79 Å². The molecule has 0 saturated carbocycles. The molecule has 150 valence electrons. The molecule has 0 saturated heterocycles. The van der Waals surface area contributed by atoms with E-state index in [0.717, 1.165) is 42.7 Å². The fraction of sp³-hybridized carbons (Fsp3) is 0.450. The zero-order valence-corrected chi connectivity index (χ0v) is 17.3. The first kappa shape index (κ1) is 20.1. The molecule has 0 fully saturated rings. The Hall–Kier alpha value is -2.61. The maximum absolute atomic E-state index is 12.1. The highest BCUT2D eigenvalue weighted by molar-refractivity contribution is 7.15. The van der Waals surface area contributed by atoms with E-state index in [1.165, 1.54) is 11.3 Å². The lowest BCUT2D eigenvalue weighted by Gasteiger charge is -2.14. The standard InChI is InChI=1S/C20H26N4O3S/c1-4-6-9-14(5-2)12-27-20(25)22-18-21-19-24(23-18)16(13-28-19)15-10-7-8-11-17(15)26-3/h7-8,10-11,13-14H,4-6,9,12H2,1-3H3,(H,22,23,25). The van der Waals surface area contributed by atoms with E-state index in [2.05, 4.69) is 29.2 Å². The zero-order valence-electron chi connectivity index (χ0n) is 16.5. The molecule has 2 aromatic heterocycles. The summed E-state index contributed by atoms with van der Waals surface area (Å²) in [4.78, 5) is 17.2. The Kier molecular flexibility index (Phi) is 6.86. The SMILES string of the molecule is CCCCC(CC)COC(=O)Nc1nc2scc(-c3ccccc3OC)n2n1. The van der Waals surface area contributed by atoms with Crippen LogP contribution >= 0.6 is 11.3 Å². The number of amides is 1. The second-order valence-corrected chi connectivity index (χ2v) is 7.43. The Morgan fingerprint density at radius 2 is 2.14 bits per heavy atom. The van der Waals surface area contributed by atoms with E-state index < -0.39 is 6.09 Å². The number of aromatic nitrogens is 3. The Labute approximate surface area is 168 Å². The molecule has 0 aliphatic carbocycles. The summed E-state index contributed by atoms with van der Waals surface area (Å²) >= 11 is 1.45. The minimum atomic E-state index is -0.521. The maximum Gasteiger partial charge on any atom is 0.414 e. The van der Waals surface area contributed by atoms with Gasteiger partial charge in [0.25, 0.3) is 5.95 Å². The predicted octanol–water partition coefficient (Wildman–Crippen LogP) is 5.23. The van der Waals surface area contributed by atoms with Gasteiger partial charge in [-0.15, -0.1) is 16.4 Å². The van der Waals surface area contributed by atoms with Crippen molar-refractivity contribution in [3.8, 4) is 17.0 Å². The van der Waals surface area contributed by atoms with Crippen LogP contribution in [0.25, 0.3) is 16.2 Å². The number of unbranched alkanes of at least 4 members (excludes halogenated alkanes) is 1. The Morgan fingerprint density at radius 3 is 2.89 bits per heavy atom. The number of hydrogen-bond donors (Lipinski definition) is 1. The number of anilines is 1. The Morgan fingerprint density at radius 1 is 1.32 bits per heavy atom. The highest BCUT2D eigenvalue weighted by Crippen LogP contribution is 2.32. The van der Waals surface area contributed by atoms with Gasteiger partial charge in [0.1, 0.15) is 5.75 Å². The zero-order chi connectivity index (χ0) is 19.9. The van der Waals surface area contributed by atoms with Crippen LogP contribution in [0.3, 0.4) is 0 Å². The number of para-hydroxylation sites is 1. The van der Waals surface area contributed by atoms with Crippen molar-refractivity contribution in [1.29, 1.82) is 0 Å². The van der Waals surface area contributed by atoms with Crippen LogP contribution in [0.15, 0.2) is 29.6 Å². The number of thiazole rings is 1. The monoisotopic (exact) mass is 402 g/mol. The van der Waals surface area contributed by atoms with Crippen molar-refractivity contribution >= 4 is 28.3 Å². The van der Waals surface area contributed by atoms with Crippen LogP contribution in [-0.2, 0) is 4.74 Å². The third-order valence-electron chi connectivity index (χ3n) is 4.67. The minimum Gasteiger partial charge on any atom is -0.496 e. The van der Waals surface area contributed by atoms with Crippen LogP contribution in [0.1, 0.15) is 39.5 Å². The molecule has 3 rings (SSSR count). The molecule has 1 unspecified atom stereocenters. The van der Waals surface area contributed by atoms with Crippen LogP contribution in [0.2, 0.25) is 0 Å². The van der Waals surface area contributed by atoms with Gasteiger partial charge in [-0.3, -0.25) is 5.32 Å². The first-order valence-corrected chi connectivity index (χ1v) is 10.5. The smallest absolute Gasteiger partial charge is 0.414 e. The van der Waals surface area contributed by atoms with Crippen LogP contribution in [0.4, 0.5) is 10.7 Å². The lowest BCUT2D eigenvalue weighted by Crippen LogP contribution is -2.19. The molecule has 0 radical (unpaired) electrons. The average Bonchev–Trinajstić information content (AvgIpc) is 3.28. The lowest BCUT2D eigenvalue weighted by molar-refractivity contribution is 0.136. The van der Waals surface area contributed by atoms with Crippen molar-refractivity contribution in [3.05, 3.63) is 29.6 Å². The molecule has 1 N–H and O–H groups in total. The van der Waals surface area contributed by atoms with E-state index >= 15 is 0 Å². The van der Waals surface area contributed by atoms with Crippen molar-refractivity contribution in [2.75, 3.05) is 19.0 Å². The number of ether oxygens (including phenoxy) is 2. The lowest BCUT2D eigenvalue weighted by atomic mass is 10.0. The normalized spacial score (nSPS) is 12.1. The topological polar surface area (TPSA) is 77.8 Å². The molecule has 1 amide bonds. The van der Waals surface area contributed by atoms with E-state index in [0.29, 0.717) is 17.5 Å². The van der Waals surface area contributed by atoms with Gasteiger partial charge >= 0.3 is 6.09 Å². The summed E-state index contributed by atoms with van der Waals surface area (Å²) < 4.78 is 12.5. The largest absolute Gasteiger partial charge is 0.496 e. The first-order valence-electron chi connectivity index (χ1n) is 9.57. The van der Waals surface area contributed by atoms with Gasteiger partial charge in [0.2, 0.25) is 4.96 Å². The van der Waals surface area contributed by atoms with Crippen molar-refractivity contribution in [2.24, 2.45) is 5.92 Å². The molecule has 0 aliphatic rings. The quantitative estimate of drug-likeness (QED) is 0.530. The molecule has 1 aromatic carbocycles. The summed E-state index contributed by atoms with van der Waals surface area (Å²) in [6.45, 7) is 4.69. The van der Waals surface area contributed by atoms with Gasteiger partial charge in [0, 0.05) is 10.9 Å². The molecular formula is C20H26N4O3S. The number of benzene rings is 1. The van der Waals surface area contributed by atoms with Crippen LogP contribution < -0.4 is 10.1 Å². The highest BCUT2D eigenvalue weighted by Gasteiger charge is 2.17. The summed E-state index contributed by atoms with van der Waals surface area (Å²) in [6.07, 6.45) is 3.84. The van der Waals surface area contributed by atoms with Gasteiger partial charge in [-0.2, -0.15) is 4.98 Å². The summed E-state index contributed by atoms with van der Waals surface area (Å²) in [5, 5.41) is 9.01. The third-order valence-corrected chi connectivity index (χ3v) is 5.49. The number of nitrogens with one attached hydrogen (secondary N) is 1. The second-order valence-electron chi connectivity index (χ2n) is 6.59. The van der Waals surface area contributed by atoms with E-state index in [1.54, 1.807) is 11.6 Å². The van der Waals surface area contributed by atoms with Gasteiger partial charge in [-0.1, -0.05) is 45.2 Å². The Balaban J connectivity index is 1.68. The van der Waals surface area contributed by atoms with E-state index in [-0.39, 0.29) is 5.95 Å². The third kappa shape index (κ3) is 4.62. The van der Waals surface area contributed by atoms with Gasteiger partial charge < -0.3 is 9.47 Å². The van der Waals surface area contributed by atoms with Crippen LogP contribution in [-0.4, -0.2) is 34.4 Å². The first-order chi connectivity index (χ1) is 13.7. The number of methoxy groups -OCH3 is 1. The van der Waals surface area contributed by atoms with E-state index in [1.807, 2.05) is 29.6 Å². The summed E-state index contributed by atoms with van der Waals surface area (Å²) in [7, 11) is 1.64. The molecule has 0 bridgehead atoms. The fourth-order valence-electron chi connectivity index (χ4n) is 3.00. The van der Waals surface area contributed by atoms with Crippen LogP contribution in [0.5, 0.6) is 5.75 Å². The highest BCUT2D eigenvalue weighted by atomic mass is 32.1. The number of carbonyl (C=O) groups is 1. The predicted molar refractivity (Wildman–Crippen MR) is 111 cm³/mol. The van der Waals surface area contributed by atoms with Gasteiger partial charge in [-0.05, 0) is 24.5 Å². The van der Waals surface area contributed by atoms with E-state index in [4.69, 9.17) is 9.47 Å². The number of rotatable bonds is 9. The summed E-state index contributed by atoms with van der Waals surface area (Å²) in [6, 6.07) is 7.72. The Bertz CT molecular complexity index is 921. The molecular weight excluding hydrogens is 376 g/mol. The molecule has 2 heterocycles. The van der Waals surface area contributed by atoms with Crippen LogP contribution in [0, 0.1) is 5.92 Å².